The fourth-order valence-corrected chi connectivity index (χ4v) is 3.90. The highest BCUT2D eigenvalue weighted by atomic mass is 19.1. The molecule has 0 bridgehead atoms. The van der Waals surface area contributed by atoms with Gasteiger partial charge in [-0.2, -0.15) is 0 Å². The second-order valence-corrected chi connectivity index (χ2v) is 7.04. The van der Waals surface area contributed by atoms with Crippen LogP contribution in [0.5, 0.6) is 0 Å². The molecular weight excluding hydrogens is 333 g/mol. The summed E-state index contributed by atoms with van der Waals surface area (Å²) in [4.78, 5) is 18.5. The van der Waals surface area contributed by atoms with Crippen molar-refractivity contribution in [3.05, 3.63) is 65.2 Å². The fourth-order valence-electron chi connectivity index (χ4n) is 3.90. The highest BCUT2D eigenvalue weighted by Gasteiger charge is 2.44. The molecule has 3 heterocycles. The number of hydrogen-bond acceptors (Lipinski definition) is 4. The van der Waals surface area contributed by atoms with Crippen molar-refractivity contribution in [3.63, 3.8) is 0 Å². The van der Waals surface area contributed by atoms with Crippen LogP contribution in [0.15, 0.2) is 42.6 Å². The first kappa shape index (κ1) is 17.1. The number of benzene rings is 1. The first-order valence-electron chi connectivity index (χ1n) is 8.89. The summed E-state index contributed by atoms with van der Waals surface area (Å²) in [5.74, 6) is -0.231. The van der Waals surface area contributed by atoms with E-state index >= 15 is 0 Å². The van der Waals surface area contributed by atoms with Gasteiger partial charge in [0, 0.05) is 37.4 Å². The quantitative estimate of drug-likeness (QED) is 0.915. The lowest BCUT2D eigenvalue weighted by molar-refractivity contribution is -0.125. The normalized spacial score (nSPS) is 26.2. The lowest BCUT2D eigenvalue weighted by atomic mass is 9.93. The molecule has 2 aliphatic rings. The van der Waals surface area contributed by atoms with Crippen molar-refractivity contribution in [2.45, 2.75) is 31.5 Å². The SMILES string of the molecule is Cc1ccc(CN2C[C@H](c3ccc(F)cc3)[C@H]3OCC(=O)NC[C@H]32)cn1. The molecule has 1 N–H and O–H groups in total. The Hall–Kier alpha value is -2.31. The molecule has 1 amide bonds. The van der Waals surface area contributed by atoms with Crippen LogP contribution in [0.25, 0.3) is 0 Å². The largest absolute Gasteiger partial charge is 0.366 e. The third kappa shape index (κ3) is 3.48. The van der Waals surface area contributed by atoms with E-state index in [0.29, 0.717) is 6.54 Å². The smallest absolute Gasteiger partial charge is 0.246 e. The number of halogens is 1. The summed E-state index contributed by atoms with van der Waals surface area (Å²) in [5, 5.41) is 2.94. The highest BCUT2D eigenvalue weighted by molar-refractivity contribution is 5.77. The fraction of sp³-hybridized carbons (Fsp3) is 0.400. The topological polar surface area (TPSA) is 54.5 Å². The van der Waals surface area contributed by atoms with E-state index in [0.717, 1.165) is 29.9 Å². The Morgan fingerprint density at radius 1 is 1.27 bits per heavy atom. The summed E-state index contributed by atoms with van der Waals surface area (Å²) < 4.78 is 19.3. The van der Waals surface area contributed by atoms with E-state index in [4.69, 9.17) is 4.74 Å². The number of ether oxygens (including phenoxy) is 1. The van der Waals surface area contributed by atoms with Crippen molar-refractivity contribution in [1.29, 1.82) is 0 Å². The summed E-state index contributed by atoms with van der Waals surface area (Å²) in [5.41, 5.74) is 3.16. The minimum absolute atomic E-state index is 0.0682. The average Bonchev–Trinajstić information content (AvgIpc) is 2.85. The maximum absolute atomic E-state index is 13.3. The number of nitrogens with one attached hydrogen (secondary N) is 1. The Bertz CT molecular complexity index is 779. The highest BCUT2D eigenvalue weighted by Crippen LogP contribution is 2.36. The van der Waals surface area contributed by atoms with Gasteiger partial charge in [-0.05, 0) is 36.2 Å². The monoisotopic (exact) mass is 355 g/mol. The molecule has 5 nitrogen and oxygen atoms in total. The Kier molecular flexibility index (Phi) is 4.70. The molecule has 3 atom stereocenters. The zero-order valence-corrected chi connectivity index (χ0v) is 14.7. The molecule has 2 aliphatic heterocycles. The van der Waals surface area contributed by atoms with Crippen LogP contribution in [0, 0.1) is 12.7 Å². The van der Waals surface area contributed by atoms with Crippen LogP contribution < -0.4 is 5.32 Å². The van der Waals surface area contributed by atoms with Gasteiger partial charge in [-0.3, -0.25) is 14.7 Å². The number of fused-ring (bicyclic) bond motifs is 1. The maximum Gasteiger partial charge on any atom is 0.246 e. The number of amides is 1. The summed E-state index contributed by atoms with van der Waals surface area (Å²) >= 11 is 0. The van der Waals surface area contributed by atoms with E-state index < -0.39 is 0 Å². The predicted molar refractivity (Wildman–Crippen MR) is 95.1 cm³/mol. The van der Waals surface area contributed by atoms with Gasteiger partial charge in [0.25, 0.3) is 0 Å². The molecule has 0 unspecified atom stereocenters. The number of rotatable bonds is 3. The standard InChI is InChI=1S/C20H22FN3O2/c1-13-2-3-14(8-22-13)10-24-11-17(15-4-6-16(21)7-5-15)20-18(24)9-23-19(25)12-26-20/h2-8,17-18,20H,9-12H2,1H3,(H,23,25)/t17-,18-,20-/m1/s1. The van der Waals surface area contributed by atoms with E-state index in [-0.39, 0.29) is 36.4 Å². The maximum atomic E-state index is 13.3. The molecule has 4 rings (SSSR count). The van der Waals surface area contributed by atoms with Crippen molar-refractivity contribution < 1.29 is 13.9 Å². The molecule has 0 saturated carbocycles. The molecule has 136 valence electrons. The summed E-state index contributed by atoms with van der Waals surface area (Å²) in [6, 6.07) is 10.8. The number of carbonyl (C=O) groups excluding carboxylic acids is 1. The Morgan fingerprint density at radius 2 is 2.08 bits per heavy atom. The van der Waals surface area contributed by atoms with E-state index in [1.807, 2.05) is 31.3 Å². The van der Waals surface area contributed by atoms with Crippen LogP contribution in [-0.4, -0.2) is 47.6 Å². The number of hydrogen-bond donors (Lipinski definition) is 1. The van der Waals surface area contributed by atoms with Crippen LogP contribution >= 0.6 is 0 Å². The van der Waals surface area contributed by atoms with Gasteiger partial charge >= 0.3 is 0 Å². The van der Waals surface area contributed by atoms with Gasteiger partial charge in [-0.15, -0.1) is 0 Å². The molecule has 0 radical (unpaired) electrons. The zero-order valence-electron chi connectivity index (χ0n) is 14.7. The summed E-state index contributed by atoms with van der Waals surface area (Å²) in [7, 11) is 0. The van der Waals surface area contributed by atoms with E-state index in [1.54, 1.807) is 0 Å². The van der Waals surface area contributed by atoms with Crippen LogP contribution in [-0.2, 0) is 16.1 Å². The van der Waals surface area contributed by atoms with E-state index in [1.165, 1.54) is 12.1 Å². The van der Waals surface area contributed by atoms with Crippen molar-refractivity contribution in [2.75, 3.05) is 19.7 Å². The lowest BCUT2D eigenvalue weighted by Crippen LogP contribution is -2.42. The number of nitrogens with zero attached hydrogens (tertiary/aromatic N) is 2. The minimum atomic E-state index is -0.246. The van der Waals surface area contributed by atoms with Crippen LogP contribution in [0.3, 0.4) is 0 Å². The second-order valence-electron chi connectivity index (χ2n) is 7.04. The molecule has 1 aromatic carbocycles. The Morgan fingerprint density at radius 3 is 2.81 bits per heavy atom. The predicted octanol–water partition coefficient (Wildman–Crippen LogP) is 2.01. The summed E-state index contributed by atoms with van der Waals surface area (Å²) in [6.45, 7) is 4.13. The van der Waals surface area contributed by atoms with Gasteiger partial charge in [0.05, 0.1) is 12.1 Å². The molecule has 2 aromatic rings. The van der Waals surface area contributed by atoms with Crippen LogP contribution in [0.1, 0.15) is 22.7 Å². The molecule has 2 fully saturated rings. The number of likely N-dealkylation sites (tertiary alicyclic amines) is 1. The molecular formula is C20H22FN3O2. The molecule has 2 saturated heterocycles. The Balaban J connectivity index is 1.60. The van der Waals surface area contributed by atoms with Crippen molar-refractivity contribution in [1.82, 2.24) is 15.2 Å². The van der Waals surface area contributed by atoms with Gasteiger partial charge in [0.15, 0.2) is 0 Å². The van der Waals surface area contributed by atoms with Crippen molar-refractivity contribution >= 4 is 5.91 Å². The minimum Gasteiger partial charge on any atom is -0.366 e. The molecule has 26 heavy (non-hydrogen) atoms. The third-order valence-corrected chi connectivity index (χ3v) is 5.25. The first-order valence-corrected chi connectivity index (χ1v) is 8.89. The second kappa shape index (κ2) is 7.13. The van der Waals surface area contributed by atoms with Gasteiger partial charge in [0.2, 0.25) is 5.91 Å². The van der Waals surface area contributed by atoms with Gasteiger partial charge < -0.3 is 10.1 Å². The Labute approximate surface area is 152 Å². The molecule has 0 aliphatic carbocycles. The van der Waals surface area contributed by atoms with Crippen molar-refractivity contribution in [3.8, 4) is 0 Å². The molecule has 1 aromatic heterocycles. The summed E-state index contributed by atoms with van der Waals surface area (Å²) in [6.07, 6.45) is 1.80. The van der Waals surface area contributed by atoms with Crippen LogP contribution in [0.4, 0.5) is 4.39 Å². The lowest BCUT2D eigenvalue weighted by Gasteiger charge is -2.26. The van der Waals surface area contributed by atoms with E-state index in [2.05, 4.69) is 21.3 Å². The van der Waals surface area contributed by atoms with Gasteiger partial charge in [0.1, 0.15) is 12.4 Å². The number of aryl methyl sites for hydroxylation is 1. The average molecular weight is 355 g/mol. The third-order valence-electron chi connectivity index (χ3n) is 5.25. The van der Waals surface area contributed by atoms with Gasteiger partial charge in [-0.1, -0.05) is 18.2 Å². The van der Waals surface area contributed by atoms with E-state index in [9.17, 15) is 9.18 Å². The van der Waals surface area contributed by atoms with Gasteiger partial charge in [-0.25, -0.2) is 4.39 Å². The number of pyridine rings is 1. The zero-order chi connectivity index (χ0) is 18.1. The van der Waals surface area contributed by atoms with Crippen LogP contribution in [0.2, 0.25) is 0 Å². The first-order chi connectivity index (χ1) is 12.6. The van der Waals surface area contributed by atoms with Crippen molar-refractivity contribution in [2.24, 2.45) is 0 Å². The molecule has 6 heteroatoms. The number of aromatic nitrogens is 1. The molecule has 0 spiro atoms. The number of carbonyl (C=O) groups is 1.